The molecule has 3 nitrogen and oxygen atoms in total. The van der Waals surface area contributed by atoms with Gasteiger partial charge in [0.2, 0.25) is 0 Å². The van der Waals surface area contributed by atoms with Crippen LogP contribution in [0.5, 0.6) is 0 Å². The summed E-state index contributed by atoms with van der Waals surface area (Å²) >= 11 is 9.17. The van der Waals surface area contributed by atoms with Crippen molar-refractivity contribution in [1.29, 1.82) is 0 Å². The van der Waals surface area contributed by atoms with Crippen molar-refractivity contribution in [1.82, 2.24) is 14.7 Å². The Balaban J connectivity index is 2.18. The summed E-state index contributed by atoms with van der Waals surface area (Å²) in [5.41, 5.74) is 1.20. The molecule has 0 saturated carbocycles. The molecule has 6 heteroatoms. The summed E-state index contributed by atoms with van der Waals surface area (Å²) in [6.07, 6.45) is 0.877. The van der Waals surface area contributed by atoms with E-state index in [-0.39, 0.29) is 0 Å². The summed E-state index contributed by atoms with van der Waals surface area (Å²) in [6, 6.07) is 5.97. The monoisotopic (exact) mass is 313 g/mol. The van der Waals surface area contributed by atoms with E-state index in [9.17, 15) is 0 Å². The van der Waals surface area contributed by atoms with Gasteiger partial charge in [0, 0.05) is 22.9 Å². The average Bonchev–Trinajstić information content (AvgIpc) is 2.86. The van der Waals surface area contributed by atoms with Gasteiger partial charge in [0.1, 0.15) is 5.82 Å². The largest absolute Gasteiger partial charge is 0.313 e. The Labute approximate surface area is 127 Å². The number of benzene rings is 1. The minimum atomic E-state index is 0.767. The van der Waals surface area contributed by atoms with Crippen LogP contribution in [-0.4, -0.2) is 15.9 Å². The fraction of sp³-hybridized carbons (Fsp3) is 0.385. The van der Waals surface area contributed by atoms with Crippen LogP contribution in [0.1, 0.15) is 25.2 Å². The topological polar surface area (TPSA) is 37.8 Å². The van der Waals surface area contributed by atoms with Crippen LogP contribution < -0.4 is 5.32 Å². The standard InChI is InChI=1S/C13H16ClN3S2/c1-3-12-16-13(19-17-12)18-11-6-5-10(14)7-9(11)8-15-4-2/h5-7,15H,3-4,8H2,1-2H3. The molecular weight excluding hydrogens is 298 g/mol. The molecule has 0 aliphatic carbocycles. The first-order valence-corrected chi connectivity index (χ1v) is 8.19. The Kier molecular flexibility index (Phi) is 5.63. The smallest absolute Gasteiger partial charge is 0.174 e. The van der Waals surface area contributed by atoms with E-state index in [0.29, 0.717) is 0 Å². The number of halogens is 1. The van der Waals surface area contributed by atoms with Gasteiger partial charge in [-0.05, 0) is 41.8 Å². The maximum Gasteiger partial charge on any atom is 0.174 e. The van der Waals surface area contributed by atoms with Gasteiger partial charge in [-0.2, -0.15) is 4.37 Å². The number of nitrogens with one attached hydrogen (secondary N) is 1. The molecule has 0 saturated heterocycles. The molecule has 0 amide bonds. The molecule has 1 N–H and O–H groups in total. The number of rotatable bonds is 6. The van der Waals surface area contributed by atoms with E-state index in [2.05, 4.69) is 28.5 Å². The lowest BCUT2D eigenvalue weighted by atomic mass is 10.2. The van der Waals surface area contributed by atoms with Gasteiger partial charge in [-0.1, -0.05) is 37.2 Å². The van der Waals surface area contributed by atoms with Crippen molar-refractivity contribution in [3.05, 3.63) is 34.6 Å². The van der Waals surface area contributed by atoms with Crippen molar-refractivity contribution in [3.63, 3.8) is 0 Å². The second-order valence-electron chi connectivity index (χ2n) is 3.96. The van der Waals surface area contributed by atoms with Crippen LogP contribution >= 0.6 is 34.9 Å². The third-order valence-electron chi connectivity index (χ3n) is 2.55. The van der Waals surface area contributed by atoms with Crippen molar-refractivity contribution < 1.29 is 0 Å². The van der Waals surface area contributed by atoms with Crippen LogP contribution in [0.2, 0.25) is 5.02 Å². The lowest BCUT2D eigenvalue weighted by molar-refractivity contribution is 0.718. The van der Waals surface area contributed by atoms with Crippen molar-refractivity contribution in [2.75, 3.05) is 6.54 Å². The molecule has 19 heavy (non-hydrogen) atoms. The molecule has 0 aliphatic heterocycles. The zero-order valence-corrected chi connectivity index (χ0v) is 13.3. The minimum absolute atomic E-state index is 0.767. The predicted molar refractivity (Wildman–Crippen MR) is 82.2 cm³/mol. The normalized spacial score (nSPS) is 10.9. The molecule has 0 unspecified atom stereocenters. The molecule has 1 aromatic heterocycles. The molecule has 0 spiro atoms. The molecule has 2 aromatic rings. The Morgan fingerprint density at radius 3 is 2.89 bits per heavy atom. The van der Waals surface area contributed by atoms with E-state index in [0.717, 1.165) is 34.7 Å². The zero-order chi connectivity index (χ0) is 13.7. The van der Waals surface area contributed by atoms with Gasteiger partial charge >= 0.3 is 0 Å². The van der Waals surface area contributed by atoms with Crippen LogP contribution in [-0.2, 0) is 13.0 Å². The van der Waals surface area contributed by atoms with Gasteiger partial charge in [-0.25, -0.2) is 4.98 Å². The molecule has 102 valence electrons. The quantitative estimate of drug-likeness (QED) is 0.874. The van der Waals surface area contributed by atoms with Crippen LogP contribution in [0.25, 0.3) is 0 Å². The van der Waals surface area contributed by atoms with Crippen molar-refractivity contribution in [2.45, 2.75) is 36.0 Å². The van der Waals surface area contributed by atoms with E-state index in [1.165, 1.54) is 22.0 Å². The van der Waals surface area contributed by atoms with Crippen LogP contribution in [0, 0.1) is 0 Å². The third kappa shape index (κ3) is 4.18. The lowest BCUT2D eigenvalue weighted by Crippen LogP contribution is -2.12. The van der Waals surface area contributed by atoms with Gasteiger partial charge in [0.05, 0.1) is 0 Å². The van der Waals surface area contributed by atoms with Gasteiger partial charge < -0.3 is 5.32 Å². The first-order chi connectivity index (χ1) is 9.22. The highest BCUT2D eigenvalue weighted by atomic mass is 35.5. The van der Waals surface area contributed by atoms with E-state index in [1.807, 2.05) is 18.2 Å². The van der Waals surface area contributed by atoms with E-state index in [1.54, 1.807) is 11.8 Å². The van der Waals surface area contributed by atoms with E-state index >= 15 is 0 Å². The number of aryl methyl sites for hydroxylation is 1. The van der Waals surface area contributed by atoms with Crippen LogP contribution in [0.4, 0.5) is 0 Å². The summed E-state index contributed by atoms with van der Waals surface area (Å²) < 4.78 is 5.29. The molecule has 0 aliphatic rings. The summed E-state index contributed by atoms with van der Waals surface area (Å²) in [4.78, 5) is 5.67. The number of aromatic nitrogens is 2. The molecule has 1 aromatic carbocycles. The second kappa shape index (κ2) is 7.24. The second-order valence-corrected chi connectivity index (χ2v) is 6.44. The highest BCUT2D eigenvalue weighted by Gasteiger charge is 2.09. The van der Waals surface area contributed by atoms with Gasteiger partial charge in [0.15, 0.2) is 4.34 Å². The van der Waals surface area contributed by atoms with Crippen molar-refractivity contribution >= 4 is 34.9 Å². The summed E-state index contributed by atoms with van der Waals surface area (Å²) in [5, 5.41) is 4.10. The maximum absolute atomic E-state index is 6.06. The van der Waals surface area contributed by atoms with Crippen LogP contribution in [0.15, 0.2) is 27.4 Å². The fourth-order valence-corrected chi connectivity index (χ4v) is 3.52. The van der Waals surface area contributed by atoms with E-state index < -0.39 is 0 Å². The molecule has 1 heterocycles. The molecular formula is C13H16ClN3S2. The third-order valence-corrected chi connectivity index (χ3v) is 4.69. The Morgan fingerprint density at radius 1 is 1.37 bits per heavy atom. The maximum atomic E-state index is 6.06. The molecule has 0 atom stereocenters. The number of hydrogen-bond acceptors (Lipinski definition) is 5. The molecule has 0 fully saturated rings. The fourth-order valence-electron chi connectivity index (χ4n) is 1.56. The molecule has 2 rings (SSSR count). The van der Waals surface area contributed by atoms with Crippen molar-refractivity contribution in [3.8, 4) is 0 Å². The molecule has 0 radical (unpaired) electrons. The lowest BCUT2D eigenvalue weighted by Gasteiger charge is -2.08. The summed E-state index contributed by atoms with van der Waals surface area (Å²) in [6.45, 7) is 5.92. The minimum Gasteiger partial charge on any atom is -0.313 e. The first-order valence-electron chi connectivity index (χ1n) is 6.22. The number of nitrogens with zero attached hydrogens (tertiary/aromatic N) is 2. The average molecular weight is 314 g/mol. The Morgan fingerprint density at radius 2 is 2.21 bits per heavy atom. The first kappa shape index (κ1) is 14.8. The Hall–Kier alpha value is -0.620. The van der Waals surface area contributed by atoms with Crippen LogP contribution in [0.3, 0.4) is 0 Å². The van der Waals surface area contributed by atoms with E-state index in [4.69, 9.17) is 11.6 Å². The highest BCUT2D eigenvalue weighted by molar-refractivity contribution is 8.01. The highest BCUT2D eigenvalue weighted by Crippen LogP contribution is 2.33. The van der Waals surface area contributed by atoms with Crippen molar-refractivity contribution in [2.24, 2.45) is 0 Å². The summed E-state index contributed by atoms with van der Waals surface area (Å²) in [5.74, 6) is 0.912. The van der Waals surface area contributed by atoms with Gasteiger partial charge in [-0.15, -0.1) is 0 Å². The zero-order valence-electron chi connectivity index (χ0n) is 10.9. The Bertz CT molecular complexity index is 542. The predicted octanol–water partition coefficient (Wildman–Crippen LogP) is 4.01. The molecule has 0 bridgehead atoms. The summed E-state index contributed by atoms with van der Waals surface area (Å²) in [7, 11) is 0. The van der Waals surface area contributed by atoms with Gasteiger partial charge in [0.25, 0.3) is 0 Å². The number of hydrogen-bond donors (Lipinski definition) is 1. The van der Waals surface area contributed by atoms with Gasteiger partial charge in [-0.3, -0.25) is 0 Å². The SMILES string of the molecule is CCNCc1cc(Cl)ccc1Sc1nc(CC)ns1.